The minimum atomic E-state index is -1.26. The summed E-state index contributed by atoms with van der Waals surface area (Å²) in [5.74, 6) is 1.08. The fourth-order valence-corrected chi connectivity index (χ4v) is 5.12. The van der Waals surface area contributed by atoms with Gasteiger partial charge in [0.1, 0.15) is 24.3 Å². The summed E-state index contributed by atoms with van der Waals surface area (Å²) in [5.41, 5.74) is -0.554. The van der Waals surface area contributed by atoms with Crippen LogP contribution in [-0.2, 0) is 19.0 Å². The van der Waals surface area contributed by atoms with Crippen molar-refractivity contribution in [2.75, 3.05) is 36.3 Å². The molecule has 3 amide bonds. The highest BCUT2D eigenvalue weighted by Gasteiger charge is 2.44. The third-order valence-corrected chi connectivity index (χ3v) is 8.19. The van der Waals surface area contributed by atoms with E-state index in [9.17, 15) is 14.4 Å². The van der Waals surface area contributed by atoms with Gasteiger partial charge in [-0.2, -0.15) is 0 Å². The molecule has 3 aliphatic rings. The molecular weight excluding hydrogens is 496 g/mol. The zero-order valence-electron chi connectivity index (χ0n) is 22.5. The molecule has 1 saturated carbocycles. The molecule has 0 radical (unpaired) electrons. The largest absolute Gasteiger partial charge is 0.480 e. The van der Waals surface area contributed by atoms with Crippen molar-refractivity contribution in [2.45, 2.75) is 77.0 Å². The Hall–Kier alpha value is -2.86. The van der Waals surface area contributed by atoms with E-state index in [2.05, 4.69) is 29.9 Å². The van der Waals surface area contributed by atoms with Crippen LogP contribution in [0.2, 0.25) is 25.7 Å². The number of carbonyl (C=O) groups is 3. The molecule has 37 heavy (non-hydrogen) atoms. The Bertz CT molecular complexity index is 1030. The predicted molar refractivity (Wildman–Crippen MR) is 140 cm³/mol. The normalized spacial score (nSPS) is 23.7. The molecule has 4 rings (SSSR count). The highest BCUT2D eigenvalue weighted by Crippen LogP contribution is 2.38. The van der Waals surface area contributed by atoms with Crippen LogP contribution >= 0.6 is 0 Å². The molecular formula is C25H38N4O7Si. The molecule has 1 unspecified atom stereocenters. The quantitative estimate of drug-likeness (QED) is 0.396. The lowest BCUT2D eigenvalue weighted by Crippen LogP contribution is -2.49. The first-order chi connectivity index (χ1) is 17.3. The van der Waals surface area contributed by atoms with E-state index in [1.54, 1.807) is 12.1 Å². The summed E-state index contributed by atoms with van der Waals surface area (Å²) in [6.45, 7) is 13.2. The van der Waals surface area contributed by atoms with Crippen LogP contribution in [0, 0.1) is 5.92 Å². The van der Waals surface area contributed by atoms with Gasteiger partial charge in [0.2, 0.25) is 0 Å². The molecule has 1 N–H and O–H groups in total. The number of rotatable bonds is 8. The maximum atomic E-state index is 12.7. The van der Waals surface area contributed by atoms with Crippen LogP contribution in [0.25, 0.3) is 0 Å². The van der Waals surface area contributed by atoms with Crippen molar-refractivity contribution in [3.05, 3.63) is 12.1 Å². The number of ether oxygens (including phenoxy) is 4. The lowest BCUT2D eigenvalue weighted by atomic mass is 9.76. The Balaban J connectivity index is 1.35. The first-order valence-electron chi connectivity index (χ1n) is 12.8. The average Bonchev–Trinajstić information content (AvgIpc) is 3.13. The maximum Gasteiger partial charge on any atom is 0.415 e. The average molecular weight is 535 g/mol. The van der Waals surface area contributed by atoms with Crippen molar-refractivity contribution < 1.29 is 33.3 Å². The smallest absolute Gasteiger partial charge is 0.415 e. The van der Waals surface area contributed by atoms with Gasteiger partial charge in [0.05, 0.1) is 6.54 Å². The number of carbonyl (C=O) groups excluding carboxylic acids is 3. The van der Waals surface area contributed by atoms with Crippen molar-refractivity contribution in [3.63, 3.8) is 0 Å². The number of nitrogens with one attached hydrogen (secondary N) is 1. The molecule has 1 aromatic heterocycles. The number of alkyl carbamates (subject to hydrolysis) is 1. The zero-order chi connectivity index (χ0) is 27.0. The van der Waals surface area contributed by atoms with Gasteiger partial charge in [-0.05, 0) is 51.8 Å². The first-order valence-corrected chi connectivity index (χ1v) is 16.5. The number of pyridine rings is 1. The fourth-order valence-electron chi connectivity index (χ4n) is 4.36. The standard InChI is InChI=1S/C25H38N4O7Si/c1-25(2,3)36-23(31)26-17-11-16(12-17)19-13-28(24(32)35-19)20-8-7-18-22(27-20)29(21(30)14-34-18)15-33-9-10-37(4,5)6/h7-8,16-17,19H,9-15H2,1-6H3,(H,26,31). The zero-order valence-corrected chi connectivity index (χ0v) is 23.5. The van der Waals surface area contributed by atoms with Crippen LogP contribution in [0.4, 0.5) is 21.2 Å². The third-order valence-electron chi connectivity index (χ3n) is 6.48. The van der Waals surface area contributed by atoms with E-state index in [0.717, 1.165) is 6.04 Å². The summed E-state index contributed by atoms with van der Waals surface area (Å²) in [6.07, 6.45) is 0.175. The summed E-state index contributed by atoms with van der Waals surface area (Å²) in [7, 11) is -1.26. The second-order valence-electron chi connectivity index (χ2n) is 12.1. The molecule has 2 fully saturated rings. The summed E-state index contributed by atoms with van der Waals surface area (Å²) in [5, 5.41) is 2.86. The van der Waals surface area contributed by atoms with Gasteiger partial charge < -0.3 is 24.3 Å². The number of hydrogen-bond donors (Lipinski definition) is 1. The molecule has 1 atom stereocenters. The summed E-state index contributed by atoms with van der Waals surface area (Å²) >= 11 is 0. The minimum Gasteiger partial charge on any atom is -0.480 e. The van der Waals surface area contributed by atoms with E-state index in [1.807, 2.05) is 20.8 Å². The van der Waals surface area contributed by atoms with Gasteiger partial charge in [-0.25, -0.2) is 14.6 Å². The van der Waals surface area contributed by atoms with Crippen molar-refractivity contribution in [3.8, 4) is 5.75 Å². The lowest BCUT2D eigenvalue weighted by molar-refractivity contribution is -0.122. The van der Waals surface area contributed by atoms with Gasteiger partial charge in [-0.3, -0.25) is 14.6 Å². The fraction of sp³-hybridized carbons (Fsp3) is 0.680. The van der Waals surface area contributed by atoms with Gasteiger partial charge in [-0.15, -0.1) is 0 Å². The molecule has 12 heteroatoms. The molecule has 3 heterocycles. The van der Waals surface area contributed by atoms with Crippen LogP contribution in [0.1, 0.15) is 33.6 Å². The van der Waals surface area contributed by atoms with Gasteiger partial charge in [-0.1, -0.05) is 19.6 Å². The molecule has 0 spiro atoms. The Morgan fingerprint density at radius 3 is 2.62 bits per heavy atom. The number of nitrogens with zero attached hydrogens (tertiary/aromatic N) is 3. The number of cyclic esters (lactones) is 1. The number of fused-ring (bicyclic) bond motifs is 1. The van der Waals surface area contributed by atoms with Crippen molar-refractivity contribution in [1.82, 2.24) is 10.3 Å². The molecule has 1 saturated heterocycles. The third kappa shape index (κ3) is 6.92. The van der Waals surface area contributed by atoms with E-state index in [0.29, 0.717) is 43.4 Å². The molecule has 204 valence electrons. The number of aromatic nitrogens is 1. The number of anilines is 2. The van der Waals surface area contributed by atoms with E-state index in [1.165, 1.54) is 9.80 Å². The van der Waals surface area contributed by atoms with Crippen molar-refractivity contribution in [2.24, 2.45) is 5.92 Å². The second-order valence-corrected chi connectivity index (χ2v) is 17.7. The topological polar surface area (TPSA) is 120 Å². The highest BCUT2D eigenvalue weighted by molar-refractivity contribution is 6.76. The van der Waals surface area contributed by atoms with Gasteiger partial charge >= 0.3 is 12.2 Å². The van der Waals surface area contributed by atoms with Crippen LogP contribution in [0.15, 0.2) is 12.1 Å². The van der Waals surface area contributed by atoms with Crippen molar-refractivity contribution >= 4 is 37.8 Å². The van der Waals surface area contributed by atoms with Gasteiger partial charge in [0, 0.05) is 26.6 Å². The van der Waals surface area contributed by atoms with E-state index >= 15 is 0 Å². The number of hydrogen-bond acceptors (Lipinski definition) is 8. The van der Waals surface area contributed by atoms with E-state index < -0.39 is 25.9 Å². The summed E-state index contributed by atoms with van der Waals surface area (Å²) < 4.78 is 22.3. The first kappa shape index (κ1) is 27.2. The van der Waals surface area contributed by atoms with Crippen LogP contribution in [0.5, 0.6) is 5.75 Å². The SMILES string of the molecule is CC(C)(C)OC(=O)NC1CC(C2CN(c3ccc4c(n3)N(COCC[Si](C)(C)C)C(=O)CO4)C(=O)O2)C1. The monoisotopic (exact) mass is 534 g/mol. The van der Waals surface area contributed by atoms with Crippen LogP contribution in [0.3, 0.4) is 0 Å². The van der Waals surface area contributed by atoms with Gasteiger partial charge in [0.25, 0.3) is 5.91 Å². The van der Waals surface area contributed by atoms with Crippen molar-refractivity contribution in [1.29, 1.82) is 0 Å². The Morgan fingerprint density at radius 2 is 1.95 bits per heavy atom. The maximum absolute atomic E-state index is 12.7. The summed E-state index contributed by atoms with van der Waals surface area (Å²) in [4.78, 5) is 44.8. The van der Waals surface area contributed by atoms with E-state index in [-0.39, 0.29) is 37.3 Å². The minimum absolute atomic E-state index is 0.00728. The number of amides is 3. The summed E-state index contributed by atoms with van der Waals surface area (Å²) in [6, 6.07) is 4.38. The predicted octanol–water partition coefficient (Wildman–Crippen LogP) is 3.75. The van der Waals surface area contributed by atoms with Gasteiger partial charge in [0.15, 0.2) is 18.2 Å². The molecule has 1 aromatic rings. The Morgan fingerprint density at radius 1 is 1.22 bits per heavy atom. The Labute approximate surface area is 218 Å². The molecule has 2 aliphatic heterocycles. The molecule has 0 bridgehead atoms. The molecule has 0 aromatic carbocycles. The molecule has 11 nitrogen and oxygen atoms in total. The molecule has 1 aliphatic carbocycles. The van der Waals surface area contributed by atoms with Crippen LogP contribution in [-0.4, -0.2) is 75.4 Å². The Kier molecular flexibility index (Phi) is 7.70. The lowest BCUT2D eigenvalue weighted by Gasteiger charge is -2.38. The highest BCUT2D eigenvalue weighted by atomic mass is 28.3. The van der Waals surface area contributed by atoms with E-state index in [4.69, 9.17) is 18.9 Å². The second kappa shape index (κ2) is 10.5. The van der Waals surface area contributed by atoms with Crippen LogP contribution < -0.4 is 19.9 Å².